The molecule has 3 heterocycles. The van der Waals surface area contributed by atoms with E-state index in [1.165, 1.54) is 0 Å². The van der Waals surface area contributed by atoms with Gasteiger partial charge in [-0.2, -0.15) is 0 Å². The van der Waals surface area contributed by atoms with Gasteiger partial charge in [0.15, 0.2) is 0 Å². The zero-order chi connectivity index (χ0) is 29.9. The summed E-state index contributed by atoms with van der Waals surface area (Å²) in [6, 6.07) is 10.8. The van der Waals surface area contributed by atoms with Crippen molar-refractivity contribution in [2.75, 3.05) is 65.4 Å². The minimum Gasteiger partial charge on any atom is -0.496 e. The maximum Gasteiger partial charge on any atom is 0.228 e. The minimum atomic E-state index is -1.21. The lowest BCUT2D eigenvalue weighted by Gasteiger charge is -2.34. The molecule has 0 bridgehead atoms. The van der Waals surface area contributed by atoms with Gasteiger partial charge in [0.2, 0.25) is 5.91 Å². The predicted molar refractivity (Wildman–Crippen MR) is 171 cm³/mol. The number of carbonyl (C=O) groups is 1. The van der Waals surface area contributed by atoms with Gasteiger partial charge in [-0.3, -0.25) is 4.79 Å². The van der Waals surface area contributed by atoms with Crippen molar-refractivity contribution in [3.05, 3.63) is 36.5 Å². The topological polar surface area (TPSA) is 81.1 Å². The number of methoxy groups -OCH3 is 2. The Morgan fingerprint density at radius 3 is 2.36 bits per heavy atom. The van der Waals surface area contributed by atoms with Crippen LogP contribution in [-0.4, -0.2) is 93.4 Å². The number of fused-ring (bicyclic) bond motifs is 1. The Hall–Kier alpha value is -2.92. The second-order valence-electron chi connectivity index (χ2n) is 12.8. The predicted octanol–water partition coefficient (Wildman–Crippen LogP) is 5.24. The highest BCUT2D eigenvalue weighted by Gasteiger charge is 2.44. The monoisotopic (exact) mass is 593 g/mol. The number of likely N-dealkylation sites (N-methyl/N-ethyl adjacent to an activating group) is 1. The van der Waals surface area contributed by atoms with E-state index in [1.807, 2.05) is 41.1 Å². The van der Waals surface area contributed by atoms with E-state index in [9.17, 15) is 4.79 Å². The Morgan fingerprint density at radius 2 is 1.71 bits per heavy atom. The van der Waals surface area contributed by atoms with Crippen molar-refractivity contribution in [1.29, 1.82) is 0 Å². The van der Waals surface area contributed by atoms with Crippen molar-refractivity contribution in [2.45, 2.75) is 45.8 Å². The third-order valence-corrected chi connectivity index (χ3v) is 10.3. The molecule has 228 valence electrons. The molecular formula is C32H47N5O4Si. The summed E-state index contributed by atoms with van der Waals surface area (Å²) in [5, 5.41) is 4.06. The molecule has 1 saturated carbocycles. The number of pyridine rings is 1. The molecule has 10 heteroatoms. The molecule has 2 aromatic heterocycles. The van der Waals surface area contributed by atoms with Crippen LogP contribution in [0.15, 0.2) is 36.5 Å². The second-order valence-corrected chi connectivity index (χ2v) is 18.4. The van der Waals surface area contributed by atoms with Crippen LogP contribution in [0.3, 0.4) is 0 Å². The lowest BCUT2D eigenvalue weighted by Crippen LogP contribution is -2.46. The van der Waals surface area contributed by atoms with Gasteiger partial charge in [-0.25, -0.2) is 4.98 Å². The van der Waals surface area contributed by atoms with Crippen molar-refractivity contribution in [3.63, 3.8) is 0 Å². The van der Waals surface area contributed by atoms with E-state index in [0.717, 1.165) is 85.4 Å². The fourth-order valence-corrected chi connectivity index (χ4v) is 6.56. The van der Waals surface area contributed by atoms with E-state index >= 15 is 0 Å². The highest BCUT2D eigenvalue weighted by molar-refractivity contribution is 6.76. The lowest BCUT2D eigenvalue weighted by atomic mass is 10.0. The van der Waals surface area contributed by atoms with Gasteiger partial charge in [0, 0.05) is 70.5 Å². The molecule has 9 nitrogen and oxygen atoms in total. The zero-order valence-electron chi connectivity index (χ0n) is 26.1. The summed E-state index contributed by atoms with van der Waals surface area (Å²) in [7, 11) is 2.12. The lowest BCUT2D eigenvalue weighted by molar-refractivity contribution is -0.117. The van der Waals surface area contributed by atoms with Crippen LogP contribution in [0.1, 0.15) is 13.3 Å². The second kappa shape index (κ2) is 13.2. The standard InChI is InChI=1S/C32H47N5O4Si/c1-7-35-13-15-36(16-14-35)20-23-19-25(23)32(38)34-29-12-11-24-26(30-27(39-2)9-8-10-28(30)40-3)21-37(31(24)33-29)22-41-17-18-42(4,5)6/h8-12,21,23,25H,7,13-20,22H2,1-6H3,(H,33,34,38). The molecule has 1 N–H and O–H groups in total. The fraction of sp³-hybridized carbons (Fsp3) is 0.562. The van der Waals surface area contributed by atoms with E-state index in [-0.39, 0.29) is 11.8 Å². The number of anilines is 1. The minimum absolute atomic E-state index is 0.0526. The van der Waals surface area contributed by atoms with Gasteiger partial charge in [0.1, 0.15) is 29.7 Å². The molecule has 1 aliphatic carbocycles. The number of hydrogen-bond acceptors (Lipinski definition) is 7. The van der Waals surface area contributed by atoms with Crippen LogP contribution < -0.4 is 14.8 Å². The first kappa shape index (κ1) is 30.5. The van der Waals surface area contributed by atoms with Gasteiger partial charge >= 0.3 is 0 Å². The Morgan fingerprint density at radius 1 is 1.02 bits per heavy atom. The molecule has 2 aliphatic rings. The molecule has 1 aromatic carbocycles. The number of nitrogens with zero attached hydrogens (tertiary/aromatic N) is 4. The first-order valence-corrected chi connectivity index (χ1v) is 19.0. The van der Waals surface area contributed by atoms with Crippen LogP contribution in [0, 0.1) is 11.8 Å². The highest BCUT2D eigenvalue weighted by Crippen LogP contribution is 2.43. The van der Waals surface area contributed by atoms with Crippen LogP contribution in [0.5, 0.6) is 11.5 Å². The van der Waals surface area contributed by atoms with Crippen LogP contribution in [0.2, 0.25) is 25.7 Å². The highest BCUT2D eigenvalue weighted by atomic mass is 28.3. The van der Waals surface area contributed by atoms with Gasteiger partial charge in [0.05, 0.1) is 19.8 Å². The van der Waals surface area contributed by atoms with Crippen LogP contribution >= 0.6 is 0 Å². The summed E-state index contributed by atoms with van der Waals surface area (Å²) >= 11 is 0. The molecule has 5 rings (SSSR count). The Balaban J connectivity index is 1.34. The van der Waals surface area contributed by atoms with Gasteiger partial charge in [-0.15, -0.1) is 0 Å². The first-order chi connectivity index (χ1) is 20.2. The smallest absolute Gasteiger partial charge is 0.228 e. The molecule has 3 aromatic rings. The quantitative estimate of drug-likeness (QED) is 0.214. The molecule has 2 unspecified atom stereocenters. The summed E-state index contributed by atoms with van der Waals surface area (Å²) in [5.74, 6) is 2.56. The number of rotatable bonds is 13. The van der Waals surface area contributed by atoms with Gasteiger partial charge in [0.25, 0.3) is 0 Å². The summed E-state index contributed by atoms with van der Waals surface area (Å²) < 4.78 is 19.6. The normalized spacial score (nSPS) is 19.7. The van der Waals surface area contributed by atoms with Crippen molar-refractivity contribution in [1.82, 2.24) is 19.4 Å². The number of hydrogen-bond donors (Lipinski definition) is 1. The van der Waals surface area contributed by atoms with Crippen molar-refractivity contribution < 1.29 is 19.0 Å². The summed E-state index contributed by atoms with van der Waals surface area (Å²) in [6.45, 7) is 16.9. The maximum atomic E-state index is 13.2. The van der Waals surface area contributed by atoms with Crippen molar-refractivity contribution in [3.8, 4) is 22.6 Å². The molecule has 1 saturated heterocycles. The molecule has 0 spiro atoms. The third kappa shape index (κ3) is 7.16. The van der Waals surface area contributed by atoms with Gasteiger partial charge < -0.3 is 33.9 Å². The number of nitrogens with one attached hydrogen (secondary N) is 1. The number of aromatic nitrogens is 2. The molecular weight excluding hydrogens is 546 g/mol. The fourth-order valence-electron chi connectivity index (χ4n) is 5.80. The largest absolute Gasteiger partial charge is 0.496 e. The van der Waals surface area contributed by atoms with Crippen LogP contribution in [-0.2, 0) is 16.3 Å². The Bertz CT molecular complexity index is 1360. The molecule has 42 heavy (non-hydrogen) atoms. The number of amides is 1. The van der Waals surface area contributed by atoms with Crippen molar-refractivity contribution >= 4 is 30.8 Å². The van der Waals surface area contributed by atoms with E-state index in [2.05, 4.69) is 41.7 Å². The number of carbonyl (C=O) groups excluding carboxylic acids is 1. The SMILES string of the molecule is CCN1CCN(CC2CC2C(=O)Nc2ccc3c(-c4c(OC)cccc4OC)cn(COCC[Si](C)(C)C)c3n2)CC1. The number of benzene rings is 1. The maximum absolute atomic E-state index is 13.2. The number of piperazine rings is 1. The number of ether oxygens (including phenoxy) is 3. The van der Waals surface area contributed by atoms with E-state index < -0.39 is 8.07 Å². The zero-order valence-corrected chi connectivity index (χ0v) is 27.1. The first-order valence-electron chi connectivity index (χ1n) is 15.2. The average molecular weight is 594 g/mol. The summed E-state index contributed by atoms with van der Waals surface area (Å²) in [6.07, 6.45) is 2.99. The van der Waals surface area contributed by atoms with Gasteiger partial charge in [-0.05, 0) is 49.2 Å². The molecule has 2 atom stereocenters. The Labute approximate surface area is 251 Å². The molecule has 1 aliphatic heterocycles. The van der Waals surface area contributed by atoms with Crippen LogP contribution in [0.4, 0.5) is 5.82 Å². The van der Waals surface area contributed by atoms with Crippen molar-refractivity contribution in [2.24, 2.45) is 11.8 Å². The third-order valence-electron chi connectivity index (χ3n) is 8.56. The van der Waals surface area contributed by atoms with E-state index in [4.69, 9.17) is 19.2 Å². The average Bonchev–Trinajstić information content (AvgIpc) is 3.67. The molecule has 0 radical (unpaired) electrons. The van der Waals surface area contributed by atoms with Gasteiger partial charge in [-0.1, -0.05) is 32.6 Å². The van der Waals surface area contributed by atoms with Crippen LogP contribution in [0.25, 0.3) is 22.2 Å². The molecule has 2 fully saturated rings. The summed E-state index contributed by atoms with van der Waals surface area (Å²) in [5.41, 5.74) is 2.57. The van der Waals surface area contributed by atoms with E-state index in [1.54, 1.807) is 14.2 Å². The molecule has 1 amide bonds. The summed E-state index contributed by atoms with van der Waals surface area (Å²) in [4.78, 5) is 23.1. The van der Waals surface area contributed by atoms with E-state index in [0.29, 0.717) is 25.1 Å². The Kier molecular flexibility index (Phi) is 9.56.